The molecule has 0 saturated heterocycles. The second-order valence-electron chi connectivity index (χ2n) is 19.7. The Labute approximate surface area is 296 Å². The molecule has 0 aromatic heterocycles. The summed E-state index contributed by atoms with van der Waals surface area (Å²) in [5.74, 6) is 14.2. The molecule has 0 aromatic rings. The maximum atomic E-state index is 11.3. The van der Waals surface area contributed by atoms with Crippen LogP contribution in [0, 0.1) is 107 Å². The second-order valence-corrected chi connectivity index (χ2v) is 19.7. The van der Waals surface area contributed by atoms with Crippen molar-refractivity contribution >= 4 is 0 Å². The largest absolute Gasteiger partial charge is 0.389 e. The lowest BCUT2D eigenvalue weighted by atomic mass is 9.45. The molecule has 12 rings (SSSR count). The number of aliphatic hydroxyl groups excluding tert-OH is 1. The summed E-state index contributed by atoms with van der Waals surface area (Å²) < 4.78 is 0. The molecule has 12 aliphatic rings. The van der Waals surface area contributed by atoms with Gasteiger partial charge in [0.15, 0.2) is 0 Å². The third-order valence-electron chi connectivity index (χ3n) is 18.4. The standard InChI is InChI=1S/C48H60O/c49-39-23-20-29-24-37-46-35(22-19-28-18-21-33(39)41(29)42(28)46)47-43(27-12-5-2-6-13-27)45-34-17-9-16-32-30-14-7-8-15-31(30)36(44(32)34)25-38(45)40(48(37)47)26-10-3-1-4-11-26/h3,5,8,10,12,15-16,20,23-24,26-28,30-31,33-46,49H,1-2,4,6-7,9,11,13-14,17-19,21-22,25H2. The van der Waals surface area contributed by atoms with Crippen LogP contribution < -0.4 is 0 Å². The van der Waals surface area contributed by atoms with E-state index in [0.717, 1.165) is 88.8 Å². The Morgan fingerprint density at radius 1 is 0.551 bits per heavy atom. The number of hydrogen-bond donors (Lipinski definition) is 1. The van der Waals surface area contributed by atoms with E-state index in [1.54, 1.807) is 5.57 Å². The molecule has 0 aliphatic heterocycles. The fraction of sp³-hybridized carbons (Fsp3) is 0.708. The van der Waals surface area contributed by atoms with Crippen LogP contribution in [0.15, 0.2) is 83.1 Å². The first kappa shape index (κ1) is 29.7. The highest BCUT2D eigenvalue weighted by Crippen LogP contribution is 2.74. The van der Waals surface area contributed by atoms with Crippen molar-refractivity contribution < 1.29 is 5.11 Å². The highest BCUT2D eigenvalue weighted by molar-refractivity contribution is 5.48. The summed E-state index contributed by atoms with van der Waals surface area (Å²) >= 11 is 0. The molecule has 19 unspecified atom stereocenters. The zero-order valence-electron chi connectivity index (χ0n) is 29.8. The summed E-state index contributed by atoms with van der Waals surface area (Å²) in [6.07, 6.45) is 47.2. The Morgan fingerprint density at radius 2 is 1.37 bits per heavy atom. The SMILES string of the molecule is OC1C=CC2=CC3C4=C(C5CCC6CCC1C2C6C35)C(C1C=CCCC1)C1C(CC2C3C=CCCC3C3=CCCC1C32)C4C1C=CCCC1. The Bertz CT molecular complexity index is 1610. The van der Waals surface area contributed by atoms with Gasteiger partial charge in [-0.15, -0.1) is 0 Å². The van der Waals surface area contributed by atoms with Gasteiger partial charge in [0.2, 0.25) is 0 Å². The quantitative estimate of drug-likeness (QED) is 0.294. The minimum Gasteiger partial charge on any atom is -0.389 e. The van der Waals surface area contributed by atoms with Crippen LogP contribution in [-0.4, -0.2) is 11.2 Å². The van der Waals surface area contributed by atoms with E-state index in [4.69, 9.17) is 0 Å². The summed E-state index contributed by atoms with van der Waals surface area (Å²) in [5, 5.41) is 11.3. The predicted octanol–water partition coefficient (Wildman–Crippen LogP) is 10.8. The first-order valence-electron chi connectivity index (χ1n) is 21.8. The predicted molar refractivity (Wildman–Crippen MR) is 198 cm³/mol. The summed E-state index contributed by atoms with van der Waals surface area (Å²) in [5.41, 5.74) is 7.78. The smallest absolute Gasteiger partial charge is 0.0758 e. The molecule has 4 fully saturated rings. The highest BCUT2D eigenvalue weighted by atomic mass is 16.3. The molecule has 1 heteroatoms. The van der Waals surface area contributed by atoms with Crippen LogP contribution >= 0.6 is 0 Å². The molecule has 0 aromatic carbocycles. The van der Waals surface area contributed by atoms with Gasteiger partial charge in [0.25, 0.3) is 0 Å². The Balaban J connectivity index is 1.08. The minimum absolute atomic E-state index is 0.224. The Hall–Kier alpha value is -1.86. The van der Waals surface area contributed by atoms with E-state index in [0.29, 0.717) is 17.8 Å². The first-order chi connectivity index (χ1) is 24.3. The topological polar surface area (TPSA) is 20.2 Å². The van der Waals surface area contributed by atoms with Gasteiger partial charge in [-0.05, 0) is 202 Å². The summed E-state index contributed by atoms with van der Waals surface area (Å²) in [6, 6.07) is 0. The molecule has 1 N–H and O–H groups in total. The van der Waals surface area contributed by atoms with E-state index in [-0.39, 0.29) is 6.10 Å². The summed E-state index contributed by atoms with van der Waals surface area (Å²) in [4.78, 5) is 0. The van der Waals surface area contributed by atoms with Crippen LogP contribution in [0.5, 0.6) is 0 Å². The Kier molecular flexibility index (Phi) is 6.71. The normalized spacial score (nSPS) is 55.5. The molecular weight excluding hydrogens is 593 g/mol. The van der Waals surface area contributed by atoms with Gasteiger partial charge in [-0.3, -0.25) is 0 Å². The lowest BCUT2D eigenvalue weighted by molar-refractivity contribution is -0.0439. The summed E-state index contributed by atoms with van der Waals surface area (Å²) in [6.45, 7) is 0. The third kappa shape index (κ3) is 3.99. The molecule has 0 heterocycles. The number of rotatable bonds is 2. The van der Waals surface area contributed by atoms with Crippen molar-refractivity contribution in [1.82, 2.24) is 0 Å². The molecule has 4 saturated carbocycles. The fourth-order valence-electron chi connectivity index (χ4n) is 17.4. The lowest BCUT2D eigenvalue weighted by Crippen LogP contribution is -2.52. The average molecular weight is 653 g/mol. The van der Waals surface area contributed by atoms with Crippen LogP contribution in [-0.2, 0) is 0 Å². The maximum absolute atomic E-state index is 11.3. The molecule has 49 heavy (non-hydrogen) atoms. The zero-order valence-corrected chi connectivity index (χ0v) is 29.8. The van der Waals surface area contributed by atoms with Crippen molar-refractivity contribution in [1.29, 1.82) is 0 Å². The van der Waals surface area contributed by atoms with Crippen LogP contribution in [0.1, 0.15) is 96.3 Å². The van der Waals surface area contributed by atoms with Crippen molar-refractivity contribution in [3.05, 3.63) is 83.1 Å². The van der Waals surface area contributed by atoms with E-state index in [1.165, 1.54) is 96.3 Å². The van der Waals surface area contributed by atoms with Gasteiger partial charge in [-0.25, -0.2) is 0 Å². The minimum atomic E-state index is -0.224. The zero-order chi connectivity index (χ0) is 32.0. The van der Waals surface area contributed by atoms with Crippen molar-refractivity contribution in [2.45, 2.75) is 102 Å². The van der Waals surface area contributed by atoms with Crippen molar-refractivity contribution in [2.24, 2.45) is 107 Å². The van der Waals surface area contributed by atoms with Crippen LogP contribution in [0.3, 0.4) is 0 Å². The molecule has 0 radical (unpaired) electrons. The van der Waals surface area contributed by atoms with Gasteiger partial charge in [0.1, 0.15) is 0 Å². The molecule has 0 amide bonds. The molecular formula is C48H60O. The van der Waals surface area contributed by atoms with Gasteiger partial charge < -0.3 is 5.11 Å². The fourth-order valence-corrected chi connectivity index (χ4v) is 17.4. The number of hydrogen-bond acceptors (Lipinski definition) is 1. The van der Waals surface area contributed by atoms with E-state index < -0.39 is 0 Å². The molecule has 12 aliphatic carbocycles. The van der Waals surface area contributed by atoms with Crippen LogP contribution in [0.4, 0.5) is 0 Å². The van der Waals surface area contributed by atoms with E-state index in [1.807, 2.05) is 5.57 Å². The van der Waals surface area contributed by atoms with E-state index >= 15 is 0 Å². The van der Waals surface area contributed by atoms with E-state index in [2.05, 4.69) is 71.9 Å². The van der Waals surface area contributed by atoms with Gasteiger partial charge in [-0.2, -0.15) is 0 Å². The number of fused-ring (bicyclic) bond motifs is 7. The monoisotopic (exact) mass is 652 g/mol. The first-order valence-corrected chi connectivity index (χ1v) is 21.8. The van der Waals surface area contributed by atoms with Crippen LogP contribution in [0.2, 0.25) is 0 Å². The van der Waals surface area contributed by atoms with Crippen LogP contribution in [0.25, 0.3) is 0 Å². The third-order valence-corrected chi connectivity index (χ3v) is 18.4. The van der Waals surface area contributed by atoms with Crippen molar-refractivity contribution in [2.75, 3.05) is 0 Å². The van der Waals surface area contributed by atoms with E-state index in [9.17, 15) is 5.11 Å². The Morgan fingerprint density at radius 3 is 2.20 bits per heavy atom. The highest BCUT2D eigenvalue weighted by Gasteiger charge is 2.67. The van der Waals surface area contributed by atoms with Crippen molar-refractivity contribution in [3.63, 3.8) is 0 Å². The molecule has 1 nitrogen and oxygen atoms in total. The van der Waals surface area contributed by atoms with Gasteiger partial charge in [-0.1, -0.05) is 77.5 Å². The second kappa shape index (κ2) is 11.1. The molecule has 0 spiro atoms. The van der Waals surface area contributed by atoms with Gasteiger partial charge >= 0.3 is 0 Å². The van der Waals surface area contributed by atoms with Gasteiger partial charge in [0, 0.05) is 5.92 Å². The lowest BCUT2D eigenvalue weighted by Gasteiger charge is -2.59. The molecule has 0 bridgehead atoms. The van der Waals surface area contributed by atoms with Crippen molar-refractivity contribution in [3.8, 4) is 0 Å². The summed E-state index contributed by atoms with van der Waals surface area (Å²) in [7, 11) is 0. The number of aliphatic hydroxyl groups is 1. The molecule has 19 atom stereocenters. The number of allylic oxidation sites excluding steroid dienone is 13. The van der Waals surface area contributed by atoms with Gasteiger partial charge in [0.05, 0.1) is 6.10 Å². The average Bonchev–Trinajstić information content (AvgIpc) is 3.66. The maximum Gasteiger partial charge on any atom is 0.0758 e. The molecule has 258 valence electrons.